The Morgan fingerprint density at radius 3 is 1.91 bits per heavy atom. The number of carbonyl (C=O) groups is 2. The maximum absolute atomic E-state index is 12.2. The highest BCUT2D eigenvalue weighted by Crippen LogP contribution is 2.44. The quantitative estimate of drug-likeness (QED) is 0.229. The van der Waals surface area contributed by atoms with Crippen molar-refractivity contribution in [2.45, 2.75) is 39.2 Å². The first-order valence-electron chi connectivity index (χ1n) is 12.1. The number of hydrazine groups is 1. The van der Waals surface area contributed by atoms with Crippen LogP contribution < -0.4 is 16.2 Å². The minimum absolute atomic E-state index is 0.0487. The second-order valence-corrected chi connectivity index (χ2v) is 10.6. The molecule has 0 spiro atoms. The molecular formula is C25H35N3O6Si. The van der Waals surface area contributed by atoms with Crippen LogP contribution >= 0.6 is 0 Å². The molecular weight excluding hydrogens is 466 g/mol. The number of hydrogen-bond donors (Lipinski definition) is 3. The van der Waals surface area contributed by atoms with Crippen LogP contribution in [0, 0.1) is 0 Å². The fraction of sp³-hybridized carbons (Fsp3) is 0.440. The summed E-state index contributed by atoms with van der Waals surface area (Å²) in [6, 6.07) is 16.3. The number of ether oxygens (including phenoxy) is 1. The van der Waals surface area contributed by atoms with E-state index in [4.69, 9.17) is 18.0 Å². The average Bonchev–Trinajstić information content (AvgIpc) is 3.18. The van der Waals surface area contributed by atoms with Crippen LogP contribution in [0.15, 0.2) is 48.5 Å². The van der Waals surface area contributed by atoms with Crippen molar-refractivity contribution in [3.63, 3.8) is 0 Å². The largest absolute Gasteiger partial charge is 0.500 e. The van der Waals surface area contributed by atoms with E-state index in [9.17, 15) is 9.59 Å². The van der Waals surface area contributed by atoms with Gasteiger partial charge in [-0.05, 0) is 49.4 Å². The number of nitrogens with one attached hydrogen (secondary N) is 3. The first-order chi connectivity index (χ1) is 17.0. The molecule has 0 aliphatic heterocycles. The number of carbonyl (C=O) groups excluding carboxylic acids is 2. The molecule has 0 aromatic heterocycles. The van der Waals surface area contributed by atoms with Crippen molar-refractivity contribution in [2.75, 3.05) is 33.0 Å². The molecule has 35 heavy (non-hydrogen) atoms. The number of hydrogen-bond acceptors (Lipinski definition) is 6. The van der Waals surface area contributed by atoms with Gasteiger partial charge in [0.25, 0.3) is 0 Å². The lowest BCUT2D eigenvalue weighted by Crippen LogP contribution is -2.48. The maximum atomic E-state index is 12.2. The number of benzene rings is 2. The Bertz CT molecular complexity index is 927. The first kappa shape index (κ1) is 26.7. The molecule has 0 heterocycles. The molecule has 0 radical (unpaired) electrons. The molecule has 190 valence electrons. The van der Waals surface area contributed by atoms with Crippen LogP contribution in [-0.2, 0) is 18.0 Å². The van der Waals surface area contributed by atoms with E-state index in [1.807, 2.05) is 57.2 Å². The topological polar surface area (TPSA) is 107 Å². The number of amides is 3. The lowest BCUT2D eigenvalue weighted by molar-refractivity contribution is 0.0708. The summed E-state index contributed by atoms with van der Waals surface area (Å²) < 4.78 is 22.8. The van der Waals surface area contributed by atoms with Gasteiger partial charge in [-0.1, -0.05) is 48.5 Å². The summed E-state index contributed by atoms with van der Waals surface area (Å²) in [4.78, 5) is 24.2. The van der Waals surface area contributed by atoms with Gasteiger partial charge >= 0.3 is 20.9 Å². The van der Waals surface area contributed by atoms with Crippen molar-refractivity contribution in [1.82, 2.24) is 16.2 Å². The molecule has 0 unspecified atom stereocenters. The minimum Gasteiger partial charge on any atom is -0.447 e. The molecule has 0 saturated heterocycles. The molecule has 3 N–H and O–H groups in total. The van der Waals surface area contributed by atoms with Gasteiger partial charge in [0.1, 0.15) is 6.61 Å². The summed E-state index contributed by atoms with van der Waals surface area (Å²) in [6.45, 7) is 7.77. The zero-order chi connectivity index (χ0) is 25.1. The maximum Gasteiger partial charge on any atom is 0.500 e. The van der Waals surface area contributed by atoms with Crippen LogP contribution in [0.5, 0.6) is 0 Å². The molecule has 3 rings (SSSR count). The number of rotatable bonds is 12. The van der Waals surface area contributed by atoms with E-state index in [1.165, 1.54) is 0 Å². The monoisotopic (exact) mass is 501 g/mol. The molecule has 0 saturated carbocycles. The zero-order valence-electron chi connectivity index (χ0n) is 20.6. The fourth-order valence-electron chi connectivity index (χ4n) is 4.29. The Morgan fingerprint density at radius 2 is 1.37 bits per heavy atom. The van der Waals surface area contributed by atoms with Gasteiger partial charge in [0.15, 0.2) is 0 Å². The van der Waals surface area contributed by atoms with E-state index in [0.29, 0.717) is 38.8 Å². The SMILES string of the molecule is CCO[Si](CCCNC(=O)NNC(=O)OCC1c2ccccc2-c2ccccc21)(OCC)OCC. The van der Waals surface area contributed by atoms with Gasteiger partial charge in [0.2, 0.25) is 0 Å². The smallest absolute Gasteiger partial charge is 0.447 e. The third-order valence-electron chi connectivity index (χ3n) is 5.66. The highest BCUT2D eigenvalue weighted by molar-refractivity contribution is 6.60. The van der Waals surface area contributed by atoms with Crippen LogP contribution in [0.2, 0.25) is 6.04 Å². The summed E-state index contributed by atoms with van der Waals surface area (Å²) in [5.74, 6) is -0.0487. The molecule has 10 heteroatoms. The molecule has 1 aliphatic carbocycles. The summed E-state index contributed by atoms with van der Waals surface area (Å²) in [5.41, 5.74) is 9.15. The van der Waals surface area contributed by atoms with Crippen LogP contribution in [-0.4, -0.2) is 53.9 Å². The Kier molecular flexibility index (Phi) is 10.1. The fourth-order valence-corrected chi connectivity index (χ4v) is 6.91. The third kappa shape index (κ3) is 7.04. The van der Waals surface area contributed by atoms with Crippen molar-refractivity contribution in [1.29, 1.82) is 0 Å². The van der Waals surface area contributed by atoms with E-state index >= 15 is 0 Å². The summed E-state index contributed by atoms with van der Waals surface area (Å²) in [5, 5.41) is 2.70. The van der Waals surface area contributed by atoms with Crippen molar-refractivity contribution in [2.24, 2.45) is 0 Å². The van der Waals surface area contributed by atoms with Gasteiger partial charge in [-0.3, -0.25) is 0 Å². The van der Waals surface area contributed by atoms with E-state index < -0.39 is 20.9 Å². The van der Waals surface area contributed by atoms with E-state index in [2.05, 4.69) is 28.3 Å². The third-order valence-corrected chi connectivity index (χ3v) is 8.81. The average molecular weight is 502 g/mol. The Balaban J connectivity index is 1.40. The molecule has 1 aliphatic rings. The predicted octanol–water partition coefficient (Wildman–Crippen LogP) is 4.18. The lowest BCUT2D eigenvalue weighted by Gasteiger charge is -2.28. The summed E-state index contributed by atoms with van der Waals surface area (Å²) in [6.07, 6.45) is -0.109. The highest BCUT2D eigenvalue weighted by atomic mass is 28.4. The molecule has 0 bridgehead atoms. The van der Waals surface area contributed by atoms with Crippen molar-refractivity contribution in [3.05, 3.63) is 59.7 Å². The molecule has 2 aromatic rings. The Morgan fingerprint density at radius 1 is 0.829 bits per heavy atom. The van der Waals surface area contributed by atoms with Gasteiger partial charge in [-0.2, -0.15) is 0 Å². The van der Waals surface area contributed by atoms with Crippen LogP contribution in [0.25, 0.3) is 11.1 Å². The number of fused-ring (bicyclic) bond motifs is 3. The predicted molar refractivity (Wildman–Crippen MR) is 135 cm³/mol. The zero-order valence-corrected chi connectivity index (χ0v) is 21.6. The second-order valence-electron chi connectivity index (χ2n) is 7.92. The summed E-state index contributed by atoms with van der Waals surface area (Å²) in [7, 11) is -2.74. The molecule has 2 aromatic carbocycles. The van der Waals surface area contributed by atoms with Crippen LogP contribution in [0.1, 0.15) is 44.2 Å². The first-order valence-corrected chi connectivity index (χ1v) is 14.0. The highest BCUT2D eigenvalue weighted by Gasteiger charge is 2.39. The molecule has 9 nitrogen and oxygen atoms in total. The van der Waals surface area contributed by atoms with E-state index in [-0.39, 0.29) is 12.5 Å². The van der Waals surface area contributed by atoms with Gasteiger partial charge in [0.05, 0.1) is 0 Å². The van der Waals surface area contributed by atoms with Crippen LogP contribution in [0.3, 0.4) is 0 Å². The molecule has 3 amide bonds. The van der Waals surface area contributed by atoms with Crippen LogP contribution in [0.4, 0.5) is 9.59 Å². The van der Waals surface area contributed by atoms with Crippen molar-refractivity contribution >= 4 is 20.9 Å². The summed E-state index contributed by atoms with van der Waals surface area (Å²) >= 11 is 0. The second kappa shape index (κ2) is 13.2. The van der Waals surface area contributed by atoms with E-state index in [0.717, 1.165) is 22.3 Å². The Hall–Kier alpha value is -2.92. The van der Waals surface area contributed by atoms with Crippen molar-refractivity contribution in [3.8, 4) is 11.1 Å². The Labute approximate surface area is 207 Å². The lowest BCUT2D eigenvalue weighted by atomic mass is 9.98. The van der Waals surface area contributed by atoms with Crippen molar-refractivity contribution < 1.29 is 27.6 Å². The minimum atomic E-state index is -2.74. The van der Waals surface area contributed by atoms with Gasteiger partial charge in [-0.25, -0.2) is 20.4 Å². The van der Waals surface area contributed by atoms with Gasteiger partial charge < -0.3 is 23.3 Å². The normalized spacial score (nSPS) is 12.5. The number of urea groups is 1. The van der Waals surface area contributed by atoms with Gasteiger partial charge in [-0.15, -0.1) is 0 Å². The molecule has 0 fully saturated rings. The van der Waals surface area contributed by atoms with E-state index in [1.54, 1.807) is 0 Å². The molecule has 0 atom stereocenters. The standard InChI is InChI=1S/C25H35N3O6Si/c1-4-32-35(33-5-2,34-6-3)17-11-16-26-24(29)27-28-25(30)31-18-23-21-14-9-7-12-19(21)20-13-8-10-15-22(20)23/h7-10,12-15,23H,4-6,11,16-18H2,1-3H3,(H,28,30)(H2,26,27,29). The van der Waals surface area contributed by atoms with Gasteiger partial charge in [0, 0.05) is 38.3 Å².